The Kier molecular flexibility index (Phi) is 6.20. The second-order valence-corrected chi connectivity index (χ2v) is 7.11. The number of aromatic nitrogens is 1. The van der Waals surface area contributed by atoms with E-state index in [4.69, 9.17) is 4.74 Å². The number of benzene rings is 2. The van der Waals surface area contributed by atoms with Crippen LogP contribution in [0.25, 0.3) is 16.8 Å². The van der Waals surface area contributed by atoms with Gasteiger partial charge in [-0.15, -0.1) is 11.3 Å². The number of nitriles is 1. The highest BCUT2D eigenvalue weighted by atomic mass is 32.1. The van der Waals surface area contributed by atoms with Crippen LogP contribution in [0.15, 0.2) is 66.2 Å². The summed E-state index contributed by atoms with van der Waals surface area (Å²) in [7, 11) is 0. The van der Waals surface area contributed by atoms with E-state index in [2.05, 4.69) is 16.4 Å². The minimum Gasteiger partial charge on any atom is -0.459 e. The Morgan fingerprint density at radius 2 is 1.89 bits per heavy atom. The molecule has 3 aromatic rings. The van der Waals surface area contributed by atoms with Gasteiger partial charge in [0.05, 0.1) is 17.4 Å². The lowest BCUT2D eigenvalue weighted by Gasteiger charge is -2.08. The van der Waals surface area contributed by atoms with Crippen molar-refractivity contribution in [2.24, 2.45) is 0 Å². The number of rotatable bonds is 6. The van der Waals surface area contributed by atoms with Crippen molar-refractivity contribution in [3.8, 4) is 17.3 Å². The lowest BCUT2D eigenvalue weighted by molar-refractivity contribution is 0.0378. The number of nitrogens with one attached hydrogen (secondary N) is 1. The number of carbonyl (C=O) groups excluding carboxylic acids is 1. The topological polar surface area (TPSA) is 75.0 Å². The van der Waals surface area contributed by atoms with Gasteiger partial charge in [0.25, 0.3) is 0 Å². The highest BCUT2D eigenvalue weighted by Gasteiger charge is 2.10. The lowest BCUT2D eigenvalue weighted by Crippen LogP contribution is -2.11. The van der Waals surface area contributed by atoms with E-state index < -0.39 is 0 Å². The number of thiazole rings is 1. The van der Waals surface area contributed by atoms with Crippen molar-refractivity contribution in [1.29, 1.82) is 5.26 Å². The smallest absolute Gasteiger partial charge is 0.338 e. The molecule has 28 heavy (non-hydrogen) atoms. The van der Waals surface area contributed by atoms with Gasteiger partial charge in [-0.05, 0) is 38.1 Å². The average Bonchev–Trinajstić information content (AvgIpc) is 3.19. The molecule has 1 heterocycles. The van der Waals surface area contributed by atoms with Crippen LogP contribution in [0.3, 0.4) is 0 Å². The highest BCUT2D eigenvalue weighted by Crippen LogP contribution is 2.26. The van der Waals surface area contributed by atoms with Gasteiger partial charge >= 0.3 is 5.97 Å². The Morgan fingerprint density at radius 3 is 2.54 bits per heavy atom. The number of ether oxygens (including phenoxy) is 1. The molecule has 2 aromatic carbocycles. The number of allylic oxidation sites excluding steroid dienone is 1. The number of hydrogen-bond donors (Lipinski definition) is 1. The van der Waals surface area contributed by atoms with E-state index in [1.165, 1.54) is 11.3 Å². The van der Waals surface area contributed by atoms with Crippen molar-refractivity contribution in [2.75, 3.05) is 5.32 Å². The molecule has 5 nitrogen and oxygen atoms in total. The van der Waals surface area contributed by atoms with Crippen LogP contribution in [0, 0.1) is 11.3 Å². The number of carbonyl (C=O) groups is 1. The van der Waals surface area contributed by atoms with E-state index in [1.54, 1.807) is 30.5 Å². The fourth-order valence-corrected chi connectivity index (χ4v) is 3.22. The van der Waals surface area contributed by atoms with Crippen molar-refractivity contribution in [3.05, 3.63) is 76.7 Å². The Labute approximate surface area is 167 Å². The second-order valence-electron chi connectivity index (χ2n) is 6.25. The Hall–Kier alpha value is -3.43. The zero-order valence-corrected chi connectivity index (χ0v) is 16.4. The van der Waals surface area contributed by atoms with Crippen LogP contribution in [0.1, 0.15) is 29.2 Å². The third-order valence-corrected chi connectivity index (χ3v) is 4.65. The van der Waals surface area contributed by atoms with Gasteiger partial charge in [-0.2, -0.15) is 5.26 Å². The molecular weight excluding hydrogens is 370 g/mol. The zero-order valence-electron chi connectivity index (χ0n) is 15.5. The van der Waals surface area contributed by atoms with E-state index >= 15 is 0 Å². The van der Waals surface area contributed by atoms with Gasteiger partial charge in [0.1, 0.15) is 16.6 Å². The molecule has 0 aliphatic heterocycles. The Balaban J connectivity index is 1.71. The van der Waals surface area contributed by atoms with Crippen LogP contribution in [0.5, 0.6) is 0 Å². The fraction of sp³-hybridized carbons (Fsp3) is 0.136. The molecule has 1 aromatic heterocycles. The van der Waals surface area contributed by atoms with Crippen molar-refractivity contribution in [3.63, 3.8) is 0 Å². The minimum absolute atomic E-state index is 0.162. The van der Waals surface area contributed by atoms with E-state index in [1.807, 2.05) is 49.6 Å². The summed E-state index contributed by atoms with van der Waals surface area (Å²) in [6.07, 6.45) is 1.46. The first-order valence-corrected chi connectivity index (χ1v) is 9.64. The molecule has 0 saturated carbocycles. The quantitative estimate of drug-likeness (QED) is 0.454. The molecule has 0 aliphatic rings. The standard InChI is InChI=1S/C22H19N3O2S/c1-15(2)27-22(26)17-8-10-19(11-9-17)24-13-18(12-23)21-25-20(14-28-21)16-6-4-3-5-7-16/h3-11,13-15,24H,1-2H3/b18-13+. The maximum atomic E-state index is 11.9. The van der Waals surface area contributed by atoms with Gasteiger partial charge in [0.2, 0.25) is 0 Å². The van der Waals surface area contributed by atoms with Crippen LogP contribution >= 0.6 is 11.3 Å². The predicted molar refractivity (Wildman–Crippen MR) is 112 cm³/mol. The number of anilines is 1. The van der Waals surface area contributed by atoms with Gasteiger partial charge in [-0.1, -0.05) is 30.3 Å². The molecule has 140 valence electrons. The van der Waals surface area contributed by atoms with E-state index in [-0.39, 0.29) is 12.1 Å². The molecule has 0 atom stereocenters. The monoisotopic (exact) mass is 389 g/mol. The van der Waals surface area contributed by atoms with Crippen LogP contribution < -0.4 is 5.32 Å². The predicted octanol–water partition coefficient (Wildman–Crippen LogP) is 5.35. The first-order valence-electron chi connectivity index (χ1n) is 8.76. The van der Waals surface area contributed by atoms with Gasteiger partial charge in [-0.3, -0.25) is 0 Å². The SMILES string of the molecule is CC(C)OC(=O)c1ccc(N/C=C(\C#N)c2nc(-c3ccccc3)cs2)cc1. The number of nitrogens with zero attached hydrogens (tertiary/aromatic N) is 2. The van der Waals surface area contributed by atoms with Crippen LogP contribution in [0.4, 0.5) is 5.69 Å². The molecule has 1 N–H and O–H groups in total. The van der Waals surface area contributed by atoms with E-state index in [9.17, 15) is 10.1 Å². The normalized spacial score (nSPS) is 11.1. The minimum atomic E-state index is -0.356. The summed E-state index contributed by atoms with van der Waals surface area (Å²) >= 11 is 1.42. The summed E-state index contributed by atoms with van der Waals surface area (Å²) in [5.74, 6) is -0.356. The number of esters is 1. The number of hydrogen-bond acceptors (Lipinski definition) is 6. The van der Waals surface area contributed by atoms with E-state index in [0.717, 1.165) is 16.9 Å². The van der Waals surface area contributed by atoms with Crippen LogP contribution in [0.2, 0.25) is 0 Å². The summed E-state index contributed by atoms with van der Waals surface area (Å²) < 4.78 is 5.17. The van der Waals surface area contributed by atoms with Gasteiger partial charge in [-0.25, -0.2) is 9.78 Å². The van der Waals surface area contributed by atoms with Gasteiger partial charge < -0.3 is 10.1 Å². The van der Waals surface area contributed by atoms with Gasteiger partial charge in [0, 0.05) is 22.8 Å². The molecule has 0 bridgehead atoms. The average molecular weight is 389 g/mol. The first kappa shape index (κ1) is 19.3. The molecule has 0 saturated heterocycles. The summed E-state index contributed by atoms with van der Waals surface area (Å²) in [5, 5.41) is 15.1. The molecule has 0 radical (unpaired) electrons. The fourth-order valence-electron chi connectivity index (χ4n) is 2.42. The maximum Gasteiger partial charge on any atom is 0.338 e. The Bertz CT molecular complexity index is 1020. The van der Waals surface area contributed by atoms with Crippen LogP contribution in [-0.4, -0.2) is 17.1 Å². The maximum absolute atomic E-state index is 11.9. The van der Waals surface area contributed by atoms with Crippen molar-refractivity contribution < 1.29 is 9.53 Å². The largest absolute Gasteiger partial charge is 0.459 e. The van der Waals surface area contributed by atoms with E-state index in [0.29, 0.717) is 16.1 Å². The molecule has 0 spiro atoms. The Morgan fingerprint density at radius 1 is 1.18 bits per heavy atom. The summed E-state index contributed by atoms with van der Waals surface area (Å²) in [5.41, 5.74) is 3.54. The molecule has 0 amide bonds. The zero-order chi connectivity index (χ0) is 19.9. The first-order chi connectivity index (χ1) is 13.6. The molecule has 6 heteroatoms. The summed E-state index contributed by atoms with van der Waals surface area (Å²) in [6.45, 7) is 3.62. The van der Waals surface area contributed by atoms with Crippen molar-refractivity contribution in [2.45, 2.75) is 20.0 Å². The highest BCUT2D eigenvalue weighted by molar-refractivity contribution is 7.11. The summed E-state index contributed by atoms with van der Waals surface area (Å²) in [4.78, 5) is 16.4. The summed E-state index contributed by atoms with van der Waals surface area (Å²) in [6, 6.07) is 18.9. The molecule has 0 unspecified atom stereocenters. The third kappa shape index (κ3) is 4.84. The molecule has 0 aliphatic carbocycles. The lowest BCUT2D eigenvalue weighted by atomic mass is 10.2. The molecular formula is C22H19N3O2S. The molecule has 3 rings (SSSR count). The van der Waals surface area contributed by atoms with Crippen molar-refractivity contribution >= 4 is 28.6 Å². The van der Waals surface area contributed by atoms with Gasteiger partial charge in [0.15, 0.2) is 0 Å². The third-order valence-electron chi connectivity index (χ3n) is 3.77. The second kappa shape index (κ2) is 8.98. The molecule has 0 fully saturated rings. The van der Waals surface area contributed by atoms with Crippen LogP contribution in [-0.2, 0) is 4.74 Å². The van der Waals surface area contributed by atoms with Crippen molar-refractivity contribution in [1.82, 2.24) is 4.98 Å².